The molecule has 0 aliphatic rings. The molecular weight excluding hydrogens is 280 g/mol. The summed E-state index contributed by atoms with van der Waals surface area (Å²) < 4.78 is 5.36. The number of aromatic nitrogens is 3. The van der Waals surface area contributed by atoms with Gasteiger partial charge in [0.1, 0.15) is 11.4 Å². The molecule has 0 fully saturated rings. The number of carbonyl (C=O) groups excluding carboxylic acids is 1. The monoisotopic (exact) mass is 296 g/mol. The van der Waals surface area contributed by atoms with E-state index in [0.717, 1.165) is 11.0 Å². The number of benzene rings is 1. The van der Waals surface area contributed by atoms with Crippen LogP contribution in [0.15, 0.2) is 42.6 Å². The Bertz CT molecular complexity index is 764. The lowest BCUT2D eigenvalue weighted by Crippen LogP contribution is -2.24. The molecule has 0 spiro atoms. The van der Waals surface area contributed by atoms with Gasteiger partial charge in [-0.3, -0.25) is 4.79 Å². The van der Waals surface area contributed by atoms with Crippen molar-refractivity contribution in [1.29, 1.82) is 0 Å². The molecule has 2 N–H and O–H groups in total. The zero-order valence-electron chi connectivity index (χ0n) is 12.2. The summed E-state index contributed by atoms with van der Waals surface area (Å²) in [6.45, 7) is 2.62. The third-order valence-electron chi connectivity index (χ3n) is 3.15. The topological polar surface area (TPSA) is 79.9 Å². The summed E-state index contributed by atoms with van der Waals surface area (Å²) in [6, 6.07) is 11.1. The highest BCUT2D eigenvalue weighted by Crippen LogP contribution is 2.14. The van der Waals surface area contributed by atoms with Crippen LogP contribution < -0.4 is 10.1 Å². The number of amides is 1. The van der Waals surface area contributed by atoms with Crippen LogP contribution >= 0.6 is 0 Å². The molecule has 0 atom stereocenters. The van der Waals surface area contributed by atoms with E-state index in [-0.39, 0.29) is 5.91 Å². The van der Waals surface area contributed by atoms with Crippen molar-refractivity contribution >= 4 is 16.9 Å². The zero-order chi connectivity index (χ0) is 15.4. The molecule has 0 aliphatic carbocycles. The summed E-state index contributed by atoms with van der Waals surface area (Å²) in [5, 5.41) is 2.82. The van der Waals surface area contributed by atoms with Crippen molar-refractivity contribution in [3.05, 3.63) is 54.0 Å². The summed E-state index contributed by atoms with van der Waals surface area (Å²) in [5.41, 5.74) is 2.24. The van der Waals surface area contributed by atoms with Gasteiger partial charge in [0.25, 0.3) is 5.91 Å². The highest BCUT2D eigenvalue weighted by atomic mass is 16.5. The Balaban J connectivity index is 1.72. The van der Waals surface area contributed by atoms with E-state index >= 15 is 0 Å². The molecule has 0 saturated heterocycles. The van der Waals surface area contributed by atoms with Crippen molar-refractivity contribution in [2.45, 2.75) is 13.5 Å². The van der Waals surface area contributed by atoms with E-state index in [1.807, 2.05) is 31.2 Å². The molecule has 3 rings (SSSR count). The molecule has 1 amide bonds. The van der Waals surface area contributed by atoms with Crippen LogP contribution in [0.5, 0.6) is 5.88 Å². The van der Waals surface area contributed by atoms with Gasteiger partial charge in [-0.05, 0) is 31.2 Å². The van der Waals surface area contributed by atoms with Gasteiger partial charge in [0, 0.05) is 6.20 Å². The van der Waals surface area contributed by atoms with Crippen LogP contribution in [-0.4, -0.2) is 27.5 Å². The molecule has 6 nitrogen and oxygen atoms in total. The summed E-state index contributed by atoms with van der Waals surface area (Å²) in [7, 11) is 0. The quantitative estimate of drug-likeness (QED) is 0.757. The lowest BCUT2D eigenvalue weighted by atomic mass is 10.2. The maximum atomic E-state index is 12.3. The number of nitrogens with zero attached hydrogens (tertiary/aromatic N) is 2. The predicted octanol–water partition coefficient (Wildman–Crippen LogP) is 2.29. The number of carbonyl (C=O) groups is 1. The van der Waals surface area contributed by atoms with Crippen LogP contribution in [0.25, 0.3) is 11.0 Å². The van der Waals surface area contributed by atoms with E-state index in [0.29, 0.717) is 30.4 Å². The van der Waals surface area contributed by atoms with Gasteiger partial charge in [-0.25, -0.2) is 9.97 Å². The summed E-state index contributed by atoms with van der Waals surface area (Å²) in [4.78, 5) is 23.9. The van der Waals surface area contributed by atoms with E-state index in [1.165, 1.54) is 0 Å². The molecule has 22 heavy (non-hydrogen) atoms. The fourth-order valence-electron chi connectivity index (χ4n) is 2.16. The van der Waals surface area contributed by atoms with E-state index in [4.69, 9.17) is 4.74 Å². The second-order valence-corrected chi connectivity index (χ2v) is 4.67. The molecule has 0 aliphatic heterocycles. The van der Waals surface area contributed by atoms with Gasteiger partial charge in [-0.2, -0.15) is 0 Å². The Morgan fingerprint density at radius 2 is 2.14 bits per heavy atom. The number of hydrogen-bond donors (Lipinski definition) is 2. The van der Waals surface area contributed by atoms with Gasteiger partial charge in [0.2, 0.25) is 5.88 Å². The molecule has 0 saturated carbocycles. The molecular formula is C16H16N4O2. The summed E-state index contributed by atoms with van der Waals surface area (Å²) in [6.07, 6.45) is 1.60. The maximum absolute atomic E-state index is 12.3. The highest BCUT2D eigenvalue weighted by molar-refractivity contribution is 5.96. The molecule has 2 aromatic heterocycles. The average molecular weight is 296 g/mol. The van der Waals surface area contributed by atoms with E-state index in [9.17, 15) is 4.79 Å². The van der Waals surface area contributed by atoms with Gasteiger partial charge in [0.15, 0.2) is 0 Å². The van der Waals surface area contributed by atoms with Crippen molar-refractivity contribution in [3.8, 4) is 5.88 Å². The number of aromatic amines is 1. The maximum Gasteiger partial charge on any atom is 0.257 e. The minimum Gasteiger partial charge on any atom is -0.477 e. The Morgan fingerprint density at radius 3 is 2.95 bits per heavy atom. The predicted molar refractivity (Wildman–Crippen MR) is 82.7 cm³/mol. The van der Waals surface area contributed by atoms with Gasteiger partial charge >= 0.3 is 0 Å². The lowest BCUT2D eigenvalue weighted by Gasteiger charge is -2.08. The molecule has 2 heterocycles. The average Bonchev–Trinajstić information content (AvgIpc) is 2.96. The van der Waals surface area contributed by atoms with Crippen LogP contribution in [0.4, 0.5) is 0 Å². The highest BCUT2D eigenvalue weighted by Gasteiger charge is 2.13. The first-order chi connectivity index (χ1) is 10.8. The normalized spacial score (nSPS) is 10.6. The van der Waals surface area contributed by atoms with Crippen molar-refractivity contribution < 1.29 is 9.53 Å². The van der Waals surface area contributed by atoms with E-state index in [2.05, 4.69) is 20.3 Å². The summed E-state index contributed by atoms with van der Waals surface area (Å²) in [5.74, 6) is 0.806. The van der Waals surface area contributed by atoms with Gasteiger partial charge in [0.05, 0.1) is 24.2 Å². The van der Waals surface area contributed by atoms with Crippen molar-refractivity contribution in [2.24, 2.45) is 0 Å². The Morgan fingerprint density at radius 1 is 1.27 bits per heavy atom. The third kappa shape index (κ3) is 2.90. The Kier molecular flexibility index (Phi) is 4.00. The molecule has 3 aromatic rings. The molecule has 112 valence electrons. The summed E-state index contributed by atoms with van der Waals surface area (Å²) >= 11 is 0. The van der Waals surface area contributed by atoms with Crippen LogP contribution in [0.2, 0.25) is 0 Å². The number of ether oxygens (including phenoxy) is 1. The number of imidazole rings is 1. The largest absolute Gasteiger partial charge is 0.477 e. The zero-order valence-corrected chi connectivity index (χ0v) is 12.2. The van der Waals surface area contributed by atoms with Crippen molar-refractivity contribution in [3.63, 3.8) is 0 Å². The van der Waals surface area contributed by atoms with Gasteiger partial charge in [-0.15, -0.1) is 0 Å². The number of fused-ring (bicyclic) bond motifs is 1. The minimum absolute atomic E-state index is 0.239. The van der Waals surface area contributed by atoms with Crippen LogP contribution in [0.3, 0.4) is 0 Å². The molecule has 0 radical (unpaired) electrons. The molecule has 6 heteroatoms. The van der Waals surface area contributed by atoms with Crippen LogP contribution in [0, 0.1) is 0 Å². The molecule has 0 bridgehead atoms. The fourth-order valence-corrected chi connectivity index (χ4v) is 2.16. The number of hydrogen-bond acceptors (Lipinski definition) is 4. The molecule has 0 unspecified atom stereocenters. The molecule has 1 aromatic carbocycles. The minimum atomic E-state index is -0.239. The number of rotatable bonds is 5. The second-order valence-electron chi connectivity index (χ2n) is 4.67. The van der Waals surface area contributed by atoms with E-state index in [1.54, 1.807) is 18.3 Å². The number of H-pyrrole nitrogens is 1. The van der Waals surface area contributed by atoms with Crippen LogP contribution in [-0.2, 0) is 6.54 Å². The van der Waals surface area contributed by atoms with E-state index < -0.39 is 0 Å². The Hall–Kier alpha value is -2.89. The third-order valence-corrected chi connectivity index (χ3v) is 3.15. The lowest BCUT2D eigenvalue weighted by molar-refractivity contribution is 0.0945. The smallest absolute Gasteiger partial charge is 0.257 e. The van der Waals surface area contributed by atoms with Crippen molar-refractivity contribution in [1.82, 2.24) is 20.3 Å². The first-order valence-corrected chi connectivity index (χ1v) is 7.07. The number of pyridine rings is 1. The number of nitrogens with one attached hydrogen (secondary N) is 2. The Labute approximate surface area is 127 Å². The first-order valence-electron chi connectivity index (χ1n) is 7.07. The SMILES string of the molecule is CCOc1ncccc1C(=O)NCc1nc2ccccc2[nH]1. The van der Waals surface area contributed by atoms with Gasteiger partial charge < -0.3 is 15.0 Å². The first kappa shape index (κ1) is 14.1. The second kappa shape index (κ2) is 6.26. The van der Waals surface area contributed by atoms with Crippen LogP contribution in [0.1, 0.15) is 23.1 Å². The standard InChI is InChI=1S/C16H16N4O2/c1-2-22-16-11(6-5-9-17-16)15(21)18-10-14-19-12-7-3-4-8-13(12)20-14/h3-9H,2,10H2,1H3,(H,18,21)(H,19,20). The van der Waals surface area contributed by atoms with Gasteiger partial charge in [-0.1, -0.05) is 12.1 Å². The number of para-hydroxylation sites is 2. The fraction of sp³-hybridized carbons (Fsp3) is 0.188. The van der Waals surface area contributed by atoms with Crippen molar-refractivity contribution in [2.75, 3.05) is 6.61 Å².